The van der Waals surface area contributed by atoms with Gasteiger partial charge in [-0.15, -0.1) is 0 Å². The molecule has 4 aromatic rings. The Bertz CT molecular complexity index is 1270. The van der Waals surface area contributed by atoms with Crippen molar-refractivity contribution in [3.63, 3.8) is 0 Å². The number of halogens is 2. The number of hydrogen-bond acceptors (Lipinski definition) is 4. The van der Waals surface area contributed by atoms with Crippen LogP contribution in [0.4, 0.5) is 4.39 Å². The van der Waals surface area contributed by atoms with Gasteiger partial charge in [0.05, 0.1) is 22.0 Å². The summed E-state index contributed by atoms with van der Waals surface area (Å²) in [7, 11) is 0. The summed E-state index contributed by atoms with van der Waals surface area (Å²) in [5, 5.41) is 9.72. The highest BCUT2D eigenvalue weighted by Gasteiger charge is 2.28. The third-order valence-electron chi connectivity index (χ3n) is 4.90. The van der Waals surface area contributed by atoms with E-state index in [0.717, 1.165) is 5.52 Å². The zero-order chi connectivity index (χ0) is 22.2. The van der Waals surface area contributed by atoms with Crippen molar-refractivity contribution in [1.29, 1.82) is 0 Å². The molecule has 0 amide bonds. The zero-order valence-corrected chi connectivity index (χ0v) is 17.6. The van der Waals surface area contributed by atoms with Gasteiger partial charge >= 0.3 is 5.97 Å². The molecule has 0 aliphatic carbocycles. The van der Waals surface area contributed by atoms with Crippen molar-refractivity contribution in [3.8, 4) is 28.4 Å². The Balaban J connectivity index is 1.54. The summed E-state index contributed by atoms with van der Waals surface area (Å²) in [5.74, 6) is -0.654. The summed E-state index contributed by atoms with van der Waals surface area (Å²) >= 11 is 6.00. The van der Waals surface area contributed by atoms with E-state index in [1.165, 1.54) is 6.07 Å². The van der Waals surface area contributed by atoms with E-state index in [-0.39, 0.29) is 6.61 Å². The molecule has 2 N–H and O–H groups in total. The summed E-state index contributed by atoms with van der Waals surface area (Å²) in [4.78, 5) is 22.9. The highest BCUT2D eigenvalue weighted by Crippen LogP contribution is 2.29. The Morgan fingerprint density at radius 3 is 2.61 bits per heavy atom. The van der Waals surface area contributed by atoms with Gasteiger partial charge in [0.15, 0.2) is 0 Å². The molecule has 158 valence electrons. The summed E-state index contributed by atoms with van der Waals surface area (Å²) < 4.78 is 20.3. The fourth-order valence-electron chi connectivity index (χ4n) is 2.95. The fraction of sp³-hybridized carbons (Fsp3) is 0.174. The first kappa shape index (κ1) is 20.8. The van der Waals surface area contributed by atoms with Crippen LogP contribution in [0.1, 0.15) is 13.8 Å². The molecule has 0 bridgehead atoms. The number of aromatic nitrogens is 3. The van der Waals surface area contributed by atoms with Crippen LogP contribution in [0.2, 0.25) is 5.02 Å². The number of carboxylic acid groups (broad SMARTS) is 1. The van der Waals surface area contributed by atoms with E-state index in [9.17, 15) is 9.18 Å². The van der Waals surface area contributed by atoms with E-state index in [1.807, 2.05) is 0 Å². The highest BCUT2D eigenvalue weighted by atomic mass is 35.5. The Morgan fingerprint density at radius 1 is 1.16 bits per heavy atom. The Morgan fingerprint density at radius 2 is 1.94 bits per heavy atom. The van der Waals surface area contributed by atoms with E-state index in [4.69, 9.17) is 21.4 Å². The molecular formula is C23H19ClFN3O3. The van der Waals surface area contributed by atoms with Crippen molar-refractivity contribution in [2.45, 2.75) is 13.8 Å². The molecule has 0 fully saturated rings. The lowest BCUT2D eigenvalue weighted by Crippen LogP contribution is -2.30. The molecular weight excluding hydrogens is 421 g/mol. The molecule has 2 heterocycles. The molecule has 4 rings (SSSR count). The number of carboxylic acids is 1. The SMILES string of the molecule is CC(C)(COc1ccc(-c2ccc(-c3nc4ccc(Cl)cc4[nH]3)c(F)c2)cn1)C(=O)O. The molecule has 0 atom stereocenters. The molecule has 2 aromatic carbocycles. The van der Waals surface area contributed by atoms with E-state index in [1.54, 1.807) is 62.5 Å². The van der Waals surface area contributed by atoms with Crippen LogP contribution in [-0.2, 0) is 4.79 Å². The number of aliphatic carboxylic acids is 1. The molecule has 0 aliphatic heterocycles. The maximum Gasteiger partial charge on any atom is 0.312 e. The second kappa shape index (κ2) is 8.00. The molecule has 0 aliphatic rings. The van der Waals surface area contributed by atoms with Crippen LogP contribution >= 0.6 is 11.6 Å². The minimum Gasteiger partial charge on any atom is -0.481 e. The zero-order valence-electron chi connectivity index (χ0n) is 16.8. The van der Waals surface area contributed by atoms with Gasteiger partial charge in [0.25, 0.3) is 0 Å². The number of hydrogen-bond donors (Lipinski definition) is 2. The average Bonchev–Trinajstić information content (AvgIpc) is 3.15. The maximum atomic E-state index is 14.8. The molecule has 0 spiro atoms. The first-order valence-electron chi connectivity index (χ1n) is 9.51. The third kappa shape index (κ3) is 4.36. The quantitative estimate of drug-likeness (QED) is 0.409. The molecule has 0 unspecified atom stereocenters. The van der Waals surface area contributed by atoms with Gasteiger partial charge in [-0.3, -0.25) is 4.79 Å². The smallest absolute Gasteiger partial charge is 0.312 e. The van der Waals surface area contributed by atoms with Crippen molar-refractivity contribution in [3.05, 3.63) is 65.6 Å². The predicted molar refractivity (Wildman–Crippen MR) is 117 cm³/mol. The number of carbonyl (C=O) groups is 1. The van der Waals surface area contributed by atoms with Gasteiger partial charge in [0.2, 0.25) is 5.88 Å². The number of aromatic amines is 1. The summed E-state index contributed by atoms with van der Waals surface area (Å²) in [6, 6.07) is 13.5. The Labute approximate surface area is 182 Å². The van der Waals surface area contributed by atoms with E-state index in [0.29, 0.717) is 38.9 Å². The topological polar surface area (TPSA) is 88.1 Å². The van der Waals surface area contributed by atoms with Gasteiger partial charge in [0, 0.05) is 22.8 Å². The fourth-order valence-corrected chi connectivity index (χ4v) is 3.12. The van der Waals surface area contributed by atoms with Crippen LogP contribution in [0.5, 0.6) is 5.88 Å². The highest BCUT2D eigenvalue weighted by molar-refractivity contribution is 6.31. The van der Waals surface area contributed by atoms with Crippen molar-refractivity contribution < 1.29 is 19.0 Å². The second-order valence-electron chi connectivity index (χ2n) is 7.80. The van der Waals surface area contributed by atoms with Crippen molar-refractivity contribution >= 4 is 28.6 Å². The first-order chi connectivity index (χ1) is 14.7. The van der Waals surface area contributed by atoms with Gasteiger partial charge in [-0.1, -0.05) is 17.7 Å². The summed E-state index contributed by atoms with van der Waals surface area (Å²) in [6.45, 7) is 3.13. The number of H-pyrrole nitrogens is 1. The van der Waals surface area contributed by atoms with Crippen LogP contribution in [0.15, 0.2) is 54.7 Å². The number of ether oxygens (including phenoxy) is 1. The van der Waals surface area contributed by atoms with Crippen LogP contribution in [0, 0.1) is 11.2 Å². The maximum absolute atomic E-state index is 14.8. The van der Waals surface area contributed by atoms with Crippen molar-refractivity contribution in [1.82, 2.24) is 15.0 Å². The molecule has 8 heteroatoms. The second-order valence-corrected chi connectivity index (χ2v) is 8.24. The molecule has 2 aromatic heterocycles. The van der Waals surface area contributed by atoms with Gasteiger partial charge in [-0.05, 0) is 55.8 Å². The standard InChI is InChI=1S/C23H19ClFN3O3/c1-23(2,22(29)30)12-31-20-8-4-14(11-26-20)13-3-6-16(17(25)9-13)21-27-18-7-5-15(24)10-19(18)28-21/h3-11H,12H2,1-2H3,(H,27,28)(H,29,30). The van der Waals surface area contributed by atoms with Crippen LogP contribution < -0.4 is 4.74 Å². The molecule has 0 saturated carbocycles. The largest absolute Gasteiger partial charge is 0.481 e. The van der Waals surface area contributed by atoms with E-state index >= 15 is 0 Å². The third-order valence-corrected chi connectivity index (χ3v) is 5.13. The predicted octanol–water partition coefficient (Wildman–Crippen LogP) is 5.57. The minimum atomic E-state index is -1.03. The van der Waals surface area contributed by atoms with Crippen LogP contribution in [0.3, 0.4) is 0 Å². The van der Waals surface area contributed by atoms with Crippen LogP contribution in [0.25, 0.3) is 33.5 Å². The lowest BCUT2D eigenvalue weighted by atomic mass is 9.95. The van der Waals surface area contributed by atoms with Gasteiger partial charge in [-0.2, -0.15) is 0 Å². The number of benzene rings is 2. The minimum absolute atomic E-state index is 0.0132. The number of rotatable bonds is 6. The molecule has 6 nitrogen and oxygen atoms in total. The van der Waals surface area contributed by atoms with Crippen molar-refractivity contribution in [2.24, 2.45) is 5.41 Å². The first-order valence-corrected chi connectivity index (χ1v) is 9.88. The number of nitrogens with one attached hydrogen (secondary N) is 1. The van der Waals surface area contributed by atoms with E-state index in [2.05, 4.69) is 15.0 Å². The van der Waals surface area contributed by atoms with Crippen LogP contribution in [-0.4, -0.2) is 32.6 Å². The van der Waals surface area contributed by atoms with Crippen molar-refractivity contribution in [2.75, 3.05) is 6.61 Å². The Kier molecular flexibility index (Phi) is 5.37. The number of imidazole rings is 1. The van der Waals surface area contributed by atoms with E-state index < -0.39 is 17.2 Å². The molecule has 31 heavy (non-hydrogen) atoms. The normalized spacial score (nSPS) is 11.6. The lowest BCUT2D eigenvalue weighted by molar-refractivity contribution is -0.148. The van der Waals surface area contributed by atoms with Gasteiger partial charge < -0.3 is 14.8 Å². The van der Waals surface area contributed by atoms with Gasteiger partial charge in [0.1, 0.15) is 18.2 Å². The number of pyridine rings is 1. The average molecular weight is 440 g/mol. The Hall–Kier alpha value is -3.45. The molecule has 0 radical (unpaired) electrons. The molecule has 0 saturated heterocycles. The summed E-state index contributed by atoms with van der Waals surface area (Å²) in [5.41, 5.74) is 2.10. The summed E-state index contributed by atoms with van der Waals surface area (Å²) in [6.07, 6.45) is 1.56. The lowest BCUT2D eigenvalue weighted by Gasteiger charge is -2.19. The monoisotopic (exact) mass is 439 g/mol. The number of fused-ring (bicyclic) bond motifs is 1. The number of nitrogens with zero attached hydrogens (tertiary/aromatic N) is 2. The van der Waals surface area contributed by atoms with Gasteiger partial charge in [-0.25, -0.2) is 14.4 Å².